The van der Waals surface area contributed by atoms with Crippen LogP contribution in [-0.2, 0) is 62.3 Å². The lowest BCUT2D eigenvalue weighted by atomic mass is 9.77. The molecular weight excluding hydrogens is 1280 g/mol. The van der Waals surface area contributed by atoms with E-state index in [-0.39, 0.29) is 68.5 Å². The fourth-order valence-electron chi connectivity index (χ4n) is 18.2. The molecule has 3 N–H and O–H groups in total. The fraction of sp³-hybridized carbons (Fsp3) is 0.840. The molecule has 9 fully saturated rings. The number of likely N-dealkylation sites (tertiary alicyclic amines) is 1. The Morgan fingerprint density at radius 1 is 0.560 bits per heavy atom. The minimum atomic E-state index is -1.45. The van der Waals surface area contributed by atoms with Gasteiger partial charge in [-0.05, 0) is 158 Å². The Bertz CT molecular complexity index is 2940. The molecule has 9 aliphatic rings. The van der Waals surface area contributed by atoms with E-state index in [9.17, 15) is 19.2 Å². The molecule has 13 atom stereocenters. The molecule has 25 nitrogen and oxygen atoms in total. The summed E-state index contributed by atoms with van der Waals surface area (Å²) >= 11 is 0. The van der Waals surface area contributed by atoms with E-state index < -0.39 is 150 Å². The van der Waals surface area contributed by atoms with Gasteiger partial charge in [0.05, 0.1) is 19.1 Å². The number of ether oxygens (including phenoxy) is 1. The normalized spacial score (nSPS) is 32.3. The summed E-state index contributed by atoms with van der Waals surface area (Å²) in [6, 6.07) is -9.88. The summed E-state index contributed by atoms with van der Waals surface area (Å²) in [7, 11) is 9.17. The zero-order valence-electron chi connectivity index (χ0n) is 62.3. The maximum absolute atomic E-state index is 15.8. The minimum absolute atomic E-state index is 0.110. The highest BCUT2D eigenvalue weighted by Gasteiger charge is 2.52. The molecule has 12 amide bonds. The molecule has 0 aromatic carbocycles. The molecule has 0 radical (unpaired) electrons. The lowest BCUT2D eigenvalue weighted by Gasteiger charge is -2.45. The molecule has 5 heterocycles. The van der Waals surface area contributed by atoms with Crippen molar-refractivity contribution in [1.29, 1.82) is 0 Å². The second-order valence-corrected chi connectivity index (χ2v) is 32.1. The van der Waals surface area contributed by atoms with Crippen molar-refractivity contribution in [3.05, 3.63) is 0 Å². The van der Waals surface area contributed by atoms with Crippen molar-refractivity contribution in [3.63, 3.8) is 0 Å². The van der Waals surface area contributed by atoms with Crippen molar-refractivity contribution in [1.82, 2.24) is 60.0 Å². The lowest BCUT2D eigenvalue weighted by molar-refractivity contribution is -0.160. The Hall–Kier alpha value is -6.40. The zero-order chi connectivity index (χ0) is 72.4. The van der Waals surface area contributed by atoms with E-state index in [1.165, 1.54) is 67.4 Å². The van der Waals surface area contributed by atoms with E-state index >= 15 is 38.4 Å². The molecule has 560 valence electrons. The van der Waals surface area contributed by atoms with Crippen LogP contribution in [0.5, 0.6) is 0 Å². The second-order valence-electron chi connectivity index (χ2n) is 32.1. The summed E-state index contributed by atoms with van der Waals surface area (Å²) in [6.07, 6.45) is 18.0. The van der Waals surface area contributed by atoms with Gasteiger partial charge in [-0.2, -0.15) is 0 Å². The lowest BCUT2D eigenvalue weighted by Crippen LogP contribution is -2.65. The Morgan fingerprint density at radius 3 is 1.87 bits per heavy atom. The first-order valence-electron chi connectivity index (χ1n) is 38.7. The Balaban J connectivity index is 1.07. The van der Waals surface area contributed by atoms with Crippen LogP contribution in [0.4, 0.5) is 0 Å². The first-order chi connectivity index (χ1) is 47.7. The van der Waals surface area contributed by atoms with E-state index in [4.69, 9.17) is 4.74 Å². The van der Waals surface area contributed by atoms with Gasteiger partial charge in [0, 0.05) is 75.1 Å². The Labute approximate surface area is 594 Å². The van der Waals surface area contributed by atoms with Crippen molar-refractivity contribution < 1.29 is 62.3 Å². The standard InChI is InChI=1S/C75H122N12O13/c1-12-48(4)63-72(97)80(7)49(5)67(92)87-40-33-56(87)70(95)82(9)58(44-50-24-15-13-16-25-50)69(94)79(6)46-61(88)76-54(31-29-51-30-32-60-53(43-51)34-41-100-60)68(93)86-39-23-28-55(86)66(91)78-75(35-19-20-36-75)74(99)84(11)64(52-26-17-18-27-52)73(98)83(10)59(71(96)85-37-21-14-22-38-85)45-62(89)81(8)57(42-47(2)3)65(90)77-63/h47-60,63-64H,12-46H2,1-11H3,(H,76,88)(H,77,90)(H,78,91)/t48-,49-,51?,53?,54-,55-,56-,57-,58-,59-,60?,63-,64-/m0/s1. The molecule has 3 unspecified atom stereocenters. The van der Waals surface area contributed by atoms with E-state index in [2.05, 4.69) is 16.0 Å². The number of amides is 12. The molecule has 5 saturated heterocycles. The molecule has 100 heavy (non-hydrogen) atoms. The highest BCUT2D eigenvalue weighted by molar-refractivity contribution is 6.01. The predicted octanol–water partition coefficient (Wildman–Crippen LogP) is 5.24. The van der Waals surface area contributed by atoms with Crippen LogP contribution in [0.3, 0.4) is 0 Å². The zero-order valence-corrected chi connectivity index (χ0v) is 62.3. The van der Waals surface area contributed by atoms with Gasteiger partial charge in [0.15, 0.2) is 0 Å². The van der Waals surface area contributed by atoms with E-state index in [0.717, 1.165) is 96.5 Å². The quantitative estimate of drug-likeness (QED) is 0.239. The number of likely N-dealkylation sites (N-methyl/N-ethyl adjacent to an activating group) is 6. The summed E-state index contributed by atoms with van der Waals surface area (Å²) in [4.78, 5) is 195. The number of nitrogens with zero attached hydrogens (tertiary/aromatic N) is 9. The van der Waals surface area contributed by atoms with Gasteiger partial charge in [0.25, 0.3) is 0 Å². The van der Waals surface area contributed by atoms with Gasteiger partial charge in [0.2, 0.25) is 70.9 Å². The fourth-order valence-corrected chi connectivity index (χ4v) is 18.2. The first kappa shape index (κ1) is 77.8. The molecule has 5 aliphatic heterocycles. The summed E-state index contributed by atoms with van der Waals surface area (Å²) in [5.74, 6) is -6.29. The van der Waals surface area contributed by atoms with Crippen LogP contribution in [0.1, 0.15) is 221 Å². The van der Waals surface area contributed by atoms with Crippen molar-refractivity contribution in [2.24, 2.45) is 35.5 Å². The number of nitrogens with one attached hydrogen (secondary N) is 3. The number of hydrogen-bond donors (Lipinski definition) is 3. The van der Waals surface area contributed by atoms with Gasteiger partial charge >= 0.3 is 0 Å². The Kier molecular flexibility index (Phi) is 27.0. The number of piperidine rings is 1. The van der Waals surface area contributed by atoms with E-state index in [0.29, 0.717) is 83.2 Å². The largest absolute Gasteiger partial charge is 0.378 e. The summed E-state index contributed by atoms with van der Waals surface area (Å²) in [6.45, 7) is 10.6. The summed E-state index contributed by atoms with van der Waals surface area (Å²) in [5, 5.41) is 9.23. The average molecular weight is 1400 g/mol. The highest BCUT2D eigenvalue weighted by Crippen LogP contribution is 2.41. The van der Waals surface area contributed by atoms with Gasteiger partial charge in [-0.15, -0.1) is 0 Å². The topological polar surface area (TPSA) is 279 Å². The third kappa shape index (κ3) is 17.8. The molecule has 0 aromatic rings. The van der Waals surface area contributed by atoms with Crippen molar-refractivity contribution in [2.45, 2.75) is 287 Å². The third-order valence-corrected chi connectivity index (χ3v) is 25.0. The van der Waals surface area contributed by atoms with Gasteiger partial charge in [-0.3, -0.25) is 57.5 Å². The highest BCUT2D eigenvalue weighted by atomic mass is 16.5. The number of carbonyl (C=O) groups is 12. The smallest absolute Gasteiger partial charge is 0.248 e. The second kappa shape index (κ2) is 34.7. The molecule has 1 spiro atoms. The molecule has 25 heteroatoms. The monoisotopic (exact) mass is 1400 g/mol. The maximum Gasteiger partial charge on any atom is 0.248 e. The number of fused-ring (bicyclic) bond motifs is 3. The predicted molar refractivity (Wildman–Crippen MR) is 376 cm³/mol. The molecule has 4 aliphatic carbocycles. The van der Waals surface area contributed by atoms with E-state index in [1.807, 2.05) is 27.7 Å². The summed E-state index contributed by atoms with van der Waals surface area (Å²) in [5.41, 5.74) is -1.45. The number of rotatable bonds is 11. The van der Waals surface area contributed by atoms with Crippen LogP contribution in [0, 0.1) is 35.5 Å². The average Bonchev–Trinajstić information content (AvgIpc) is 1.74. The van der Waals surface area contributed by atoms with Gasteiger partial charge in [0.1, 0.15) is 59.9 Å². The van der Waals surface area contributed by atoms with Crippen molar-refractivity contribution >= 4 is 70.9 Å². The molecule has 0 bridgehead atoms. The number of carbonyl (C=O) groups excluding carboxylic acids is 12. The van der Waals surface area contributed by atoms with Crippen LogP contribution < -0.4 is 16.0 Å². The molecule has 9 rings (SSSR count). The Morgan fingerprint density at radius 2 is 1.22 bits per heavy atom. The SMILES string of the molecule is CC[C@H](C)[C@@H]1NC(=O)[C@H](CC(C)C)N(C)C(=O)C[C@@H](C(=O)N2CCCCC2)N(C)C(=O)[C@H](C2CCCC2)N(C)C(=O)C2(CCCC2)NC(=O)[C@@H]2CCCN2C(=O)[C@H](CCC2CCC3OCCC3C2)NC(=O)CN(C)C(=O)[C@H](CC2CCCCC2)N(C)C(=O)[C@@H]2CCN2C(=O)[C@H](C)N(C)C1=O. The minimum Gasteiger partial charge on any atom is -0.378 e. The van der Waals surface area contributed by atoms with Crippen LogP contribution in [0.15, 0.2) is 0 Å². The van der Waals surface area contributed by atoms with Crippen LogP contribution in [0.2, 0.25) is 0 Å². The van der Waals surface area contributed by atoms with Crippen LogP contribution in [-0.4, -0.2) is 263 Å². The van der Waals surface area contributed by atoms with Gasteiger partial charge in [-0.1, -0.05) is 91.9 Å². The van der Waals surface area contributed by atoms with E-state index in [1.54, 1.807) is 25.9 Å². The molecule has 0 aromatic heterocycles. The third-order valence-electron chi connectivity index (χ3n) is 25.0. The van der Waals surface area contributed by atoms with Crippen molar-refractivity contribution in [3.8, 4) is 0 Å². The summed E-state index contributed by atoms with van der Waals surface area (Å²) < 4.78 is 6.04. The van der Waals surface area contributed by atoms with Crippen molar-refractivity contribution in [2.75, 3.05) is 81.6 Å². The van der Waals surface area contributed by atoms with Crippen LogP contribution >= 0.6 is 0 Å². The number of hydrogen-bond acceptors (Lipinski definition) is 13. The maximum atomic E-state index is 15.8. The van der Waals surface area contributed by atoms with Gasteiger partial charge in [-0.25, -0.2) is 0 Å². The van der Waals surface area contributed by atoms with Crippen LogP contribution in [0.25, 0.3) is 0 Å². The van der Waals surface area contributed by atoms with Gasteiger partial charge < -0.3 is 64.8 Å². The molecular formula is C75H122N12O13. The molecule has 4 saturated carbocycles. The first-order valence-corrected chi connectivity index (χ1v) is 38.7.